The van der Waals surface area contributed by atoms with Crippen LogP contribution in [0.1, 0.15) is 25.3 Å². The van der Waals surface area contributed by atoms with E-state index < -0.39 is 0 Å². The standard InChI is InChI=1S/C15H21BrN2O2/c1-10(17-13-6-5-9-18(13)2)14-12(19-3)8-7-11(16)15(14)20-4/h7-8,13H,5-6,9H2,1-4H3/b17-10+. The van der Waals surface area contributed by atoms with Gasteiger partial charge in [-0.05, 0) is 61.4 Å². The van der Waals surface area contributed by atoms with Gasteiger partial charge in [-0.2, -0.15) is 0 Å². The van der Waals surface area contributed by atoms with Crippen molar-refractivity contribution >= 4 is 21.6 Å². The monoisotopic (exact) mass is 340 g/mol. The van der Waals surface area contributed by atoms with Crippen molar-refractivity contribution in [3.05, 3.63) is 22.2 Å². The lowest BCUT2D eigenvalue weighted by molar-refractivity contribution is 0.320. The molecule has 0 amide bonds. The summed E-state index contributed by atoms with van der Waals surface area (Å²) in [7, 11) is 5.45. The number of nitrogens with zero attached hydrogens (tertiary/aromatic N) is 2. The Kier molecular flexibility index (Phi) is 5.05. The maximum absolute atomic E-state index is 5.51. The average molecular weight is 341 g/mol. The molecule has 1 aromatic rings. The highest BCUT2D eigenvalue weighted by atomic mass is 79.9. The molecule has 1 heterocycles. The lowest BCUT2D eigenvalue weighted by Crippen LogP contribution is -2.24. The van der Waals surface area contributed by atoms with Crippen LogP contribution in [0.3, 0.4) is 0 Å². The number of methoxy groups -OCH3 is 2. The van der Waals surface area contributed by atoms with E-state index in [0.29, 0.717) is 0 Å². The maximum atomic E-state index is 5.51. The molecule has 0 spiro atoms. The van der Waals surface area contributed by atoms with Crippen molar-refractivity contribution in [2.24, 2.45) is 4.99 Å². The summed E-state index contributed by atoms with van der Waals surface area (Å²) in [6.45, 7) is 3.12. The second kappa shape index (κ2) is 6.59. The summed E-state index contributed by atoms with van der Waals surface area (Å²) in [6.07, 6.45) is 2.56. The quantitative estimate of drug-likeness (QED) is 0.788. The van der Waals surface area contributed by atoms with Gasteiger partial charge >= 0.3 is 0 Å². The van der Waals surface area contributed by atoms with E-state index in [4.69, 9.17) is 14.5 Å². The molecule has 1 aliphatic rings. The van der Waals surface area contributed by atoms with Gasteiger partial charge in [0.15, 0.2) is 0 Å². The molecular weight excluding hydrogens is 320 g/mol. The summed E-state index contributed by atoms with van der Waals surface area (Å²) in [5.74, 6) is 1.55. The molecule has 110 valence electrons. The Morgan fingerprint density at radius 1 is 1.35 bits per heavy atom. The van der Waals surface area contributed by atoms with Crippen LogP contribution in [-0.4, -0.2) is 44.6 Å². The number of likely N-dealkylation sites (tertiary alicyclic amines) is 1. The molecule has 1 aliphatic heterocycles. The van der Waals surface area contributed by atoms with E-state index >= 15 is 0 Å². The van der Waals surface area contributed by atoms with E-state index in [-0.39, 0.29) is 6.17 Å². The molecule has 0 aliphatic carbocycles. The Morgan fingerprint density at radius 2 is 2.10 bits per heavy atom. The molecule has 1 atom stereocenters. The van der Waals surface area contributed by atoms with Gasteiger partial charge in [-0.15, -0.1) is 0 Å². The highest BCUT2D eigenvalue weighted by molar-refractivity contribution is 9.10. The minimum absolute atomic E-state index is 0.253. The zero-order valence-corrected chi connectivity index (χ0v) is 14.0. The lowest BCUT2D eigenvalue weighted by Gasteiger charge is -2.18. The number of aliphatic imine (C=N–C) groups is 1. The smallest absolute Gasteiger partial charge is 0.145 e. The molecule has 1 aromatic carbocycles. The SMILES string of the molecule is COc1ccc(Br)c(OC)c1/C(C)=N/C1CCCN1C. The lowest BCUT2D eigenvalue weighted by atomic mass is 10.1. The predicted octanol–water partition coefficient (Wildman–Crippen LogP) is 3.33. The van der Waals surface area contributed by atoms with E-state index in [1.807, 2.05) is 19.1 Å². The van der Waals surface area contributed by atoms with E-state index in [0.717, 1.165) is 40.2 Å². The summed E-state index contributed by atoms with van der Waals surface area (Å²) in [5, 5.41) is 0. The van der Waals surface area contributed by atoms with Crippen molar-refractivity contribution in [2.75, 3.05) is 27.8 Å². The third kappa shape index (κ3) is 2.99. The molecule has 20 heavy (non-hydrogen) atoms. The number of rotatable bonds is 4. The zero-order valence-electron chi connectivity index (χ0n) is 12.4. The number of hydrogen-bond acceptors (Lipinski definition) is 4. The molecule has 1 fully saturated rings. The van der Waals surface area contributed by atoms with Gasteiger partial charge in [0, 0.05) is 5.71 Å². The van der Waals surface area contributed by atoms with E-state index in [9.17, 15) is 0 Å². The number of benzene rings is 1. The van der Waals surface area contributed by atoms with Gasteiger partial charge in [0.25, 0.3) is 0 Å². The van der Waals surface area contributed by atoms with Gasteiger partial charge in [0.2, 0.25) is 0 Å². The first-order valence-corrected chi connectivity index (χ1v) is 7.53. The minimum Gasteiger partial charge on any atom is -0.496 e. The molecule has 0 aromatic heterocycles. The Balaban J connectivity index is 2.44. The van der Waals surface area contributed by atoms with Crippen LogP contribution in [0.4, 0.5) is 0 Å². The fraction of sp³-hybridized carbons (Fsp3) is 0.533. The van der Waals surface area contributed by atoms with Gasteiger partial charge in [0.05, 0.1) is 24.3 Å². The first-order chi connectivity index (χ1) is 9.58. The fourth-order valence-corrected chi connectivity index (χ4v) is 3.09. The van der Waals surface area contributed by atoms with Gasteiger partial charge in [-0.25, -0.2) is 0 Å². The summed E-state index contributed by atoms with van der Waals surface area (Å²) in [4.78, 5) is 7.13. The van der Waals surface area contributed by atoms with Crippen LogP contribution in [-0.2, 0) is 0 Å². The number of ether oxygens (including phenoxy) is 2. The van der Waals surface area contributed by atoms with Crippen molar-refractivity contribution in [3.8, 4) is 11.5 Å². The summed E-state index contributed by atoms with van der Waals surface area (Å²) < 4.78 is 11.9. The third-order valence-electron chi connectivity index (χ3n) is 3.68. The van der Waals surface area contributed by atoms with Crippen LogP contribution in [0, 0.1) is 0 Å². The molecule has 0 bridgehead atoms. The van der Waals surface area contributed by atoms with Crippen molar-refractivity contribution in [3.63, 3.8) is 0 Å². The molecule has 4 nitrogen and oxygen atoms in total. The minimum atomic E-state index is 0.253. The van der Waals surface area contributed by atoms with Gasteiger partial charge < -0.3 is 9.47 Å². The topological polar surface area (TPSA) is 34.1 Å². The van der Waals surface area contributed by atoms with E-state index in [1.54, 1.807) is 14.2 Å². The van der Waals surface area contributed by atoms with Crippen molar-refractivity contribution < 1.29 is 9.47 Å². The van der Waals surface area contributed by atoms with E-state index in [2.05, 4.69) is 27.9 Å². The summed E-state index contributed by atoms with van der Waals surface area (Å²) in [5.41, 5.74) is 1.86. The van der Waals surface area contributed by atoms with Gasteiger partial charge in [-0.1, -0.05) is 0 Å². The van der Waals surface area contributed by atoms with Crippen LogP contribution in [0.15, 0.2) is 21.6 Å². The van der Waals surface area contributed by atoms with Crippen LogP contribution in [0.5, 0.6) is 11.5 Å². The molecule has 1 unspecified atom stereocenters. The Bertz CT molecular complexity index is 517. The predicted molar refractivity (Wildman–Crippen MR) is 85.1 cm³/mol. The van der Waals surface area contributed by atoms with Gasteiger partial charge in [-0.3, -0.25) is 9.89 Å². The largest absolute Gasteiger partial charge is 0.496 e. The molecule has 1 saturated heterocycles. The van der Waals surface area contributed by atoms with Gasteiger partial charge in [0.1, 0.15) is 17.7 Å². The highest BCUT2D eigenvalue weighted by Crippen LogP contribution is 2.36. The Labute approximate surface area is 128 Å². The zero-order chi connectivity index (χ0) is 14.7. The number of hydrogen-bond donors (Lipinski definition) is 0. The Hall–Kier alpha value is -1.07. The van der Waals surface area contributed by atoms with Crippen LogP contribution >= 0.6 is 15.9 Å². The second-order valence-electron chi connectivity index (χ2n) is 4.98. The Morgan fingerprint density at radius 3 is 2.65 bits per heavy atom. The molecule has 5 heteroatoms. The molecule has 0 saturated carbocycles. The number of halogens is 1. The van der Waals surface area contributed by atoms with Crippen molar-refractivity contribution in [1.29, 1.82) is 0 Å². The molecular formula is C15H21BrN2O2. The first kappa shape index (κ1) is 15.3. The van der Waals surface area contributed by atoms with Crippen molar-refractivity contribution in [1.82, 2.24) is 4.90 Å². The normalized spacial score (nSPS) is 20.2. The fourth-order valence-electron chi connectivity index (χ4n) is 2.60. The maximum Gasteiger partial charge on any atom is 0.145 e. The van der Waals surface area contributed by atoms with Crippen molar-refractivity contribution in [2.45, 2.75) is 25.9 Å². The van der Waals surface area contributed by atoms with E-state index in [1.165, 1.54) is 6.42 Å². The average Bonchev–Trinajstić information content (AvgIpc) is 2.83. The van der Waals surface area contributed by atoms with Crippen LogP contribution in [0.2, 0.25) is 0 Å². The first-order valence-electron chi connectivity index (χ1n) is 6.74. The molecule has 0 radical (unpaired) electrons. The molecule has 2 rings (SSSR count). The third-order valence-corrected chi connectivity index (χ3v) is 4.31. The molecule has 0 N–H and O–H groups in total. The summed E-state index contributed by atoms with van der Waals surface area (Å²) in [6, 6.07) is 3.86. The highest BCUT2D eigenvalue weighted by Gasteiger charge is 2.22. The van der Waals surface area contributed by atoms with Crippen LogP contribution in [0.25, 0.3) is 0 Å². The van der Waals surface area contributed by atoms with Crippen LogP contribution < -0.4 is 9.47 Å². The second-order valence-corrected chi connectivity index (χ2v) is 5.83. The summed E-state index contributed by atoms with van der Waals surface area (Å²) >= 11 is 3.52.